The normalized spacial score (nSPS) is 14.1. The summed E-state index contributed by atoms with van der Waals surface area (Å²) in [5.74, 6) is 2.28. The number of methoxy groups -OCH3 is 1. The second-order valence-corrected chi connectivity index (χ2v) is 9.86. The summed E-state index contributed by atoms with van der Waals surface area (Å²) in [5.41, 5.74) is 6.21. The van der Waals surface area contributed by atoms with Crippen LogP contribution in [0.3, 0.4) is 0 Å². The Kier molecular flexibility index (Phi) is 5.26. The average molecular weight is 565 g/mol. The lowest BCUT2D eigenvalue weighted by Gasteiger charge is -2.26. The van der Waals surface area contributed by atoms with Crippen LogP contribution in [0.25, 0.3) is 22.7 Å². The smallest absolute Gasteiger partial charge is 0.230 e. The van der Waals surface area contributed by atoms with Crippen LogP contribution in [0.5, 0.6) is 17.5 Å². The molecule has 0 radical (unpaired) electrons. The first kappa shape index (κ1) is 22.7. The number of hydrogen-bond acceptors (Lipinski definition) is 6. The molecule has 9 heteroatoms. The third-order valence-corrected chi connectivity index (χ3v) is 7.48. The summed E-state index contributed by atoms with van der Waals surface area (Å²) in [6, 6.07) is 25.9. The number of fused-ring (bicyclic) bond motifs is 4. The summed E-state index contributed by atoms with van der Waals surface area (Å²) in [5, 5.41) is 9.64. The van der Waals surface area contributed by atoms with Crippen molar-refractivity contribution in [1.82, 2.24) is 29.4 Å². The van der Waals surface area contributed by atoms with Gasteiger partial charge < -0.3 is 9.47 Å². The zero-order valence-electron chi connectivity index (χ0n) is 20.5. The maximum atomic E-state index is 6.50. The quantitative estimate of drug-likeness (QED) is 0.248. The summed E-state index contributed by atoms with van der Waals surface area (Å²) in [7, 11) is 1.66. The molecule has 4 heterocycles. The molecule has 0 aliphatic carbocycles. The van der Waals surface area contributed by atoms with Crippen molar-refractivity contribution in [2.75, 3.05) is 7.11 Å². The Balaban J connectivity index is 1.49. The van der Waals surface area contributed by atoms with Crippen molar-refractivity contribution in [2.24, 2.45) is 0 Å². The highest BCUT2D eigenvalue weighted by atomic mass is 79.9. The van der Waals surface area contributed by atoms with Gasteiger partial charge in [0.05, 0.1) is 35.5 Å². The van der Waals surface area contributed by atoms with Gasteiger partial charge in [-0.1, -0.05) is 58.4 Å². The molecule has 0 spiro atoms. The van der Waals surface area contributed by atoms with Crippen molar-refractivity contribution in [2.45, 2.75) is 12.8 Å². The predicted molar refractivity (Wildman–Crippen MR) is 146 cm³/mol. The molecule has 1 atom stereocenters. The molecule has 1 aliphatic heterocycles. The fourth-order valence-electron chi connectivity index (χ4n) is 5.01. The number of ether oxygens (including phenoxy) is 2. The number of halogens is 1. The number of aryl methyl sites for hydroxylation is 1. The van der Waals surface area contributed by atoms with Gasteiger partial charge in [0.1, 0.15) is 12.1 Å². The van der Waals surface area contributed by atoms with Crippen LogP contribution in [0.1, 0.15) is 28.3 Å². The van der Waals surface area contributed by atoms with Crippen LogP contribution in [0, 0.1) is 6.92 Å². The summed E-state index contributed by atoms with van der Waals surface area (Å²) < 4.78 is 16.4. The Morgan fingerprint density at radius 3 is 2.42 bits per heavy atom. The molecule has 0 saturated heterocycles. The molecule has 6 aromatic rings. The molecule has 0 fully saturated rings. The molecular formula is C29H21BrN6O2. The Bertz CT molecular complexity index is 1810. The summed E-state index contributed by atoms with van der Waals surface area (Å²) in [6.45, 7) is 2.01. The van der Waals surface area contributed by atoms with Gasteiger partial charge in [0.15, 0.2) is 11.5 Å². The van der Waals surface area contributed by atoms with E-state index < -0.39 is 0 Å². The van der Waals surface area contributed by atoms with E-state index in [0.29, 0.717) is 23.2 Å². The van der Waals surface area contributed by atoms with Crippen molar-refractivity contribution in [3.8, 4) is 34.6 Å². The van der Waals surface area contributed by atoms with Gasteiger partial charge in [0, 0.05) is 10.0 Å². The van der Waals surface area contributed by atoms with Crippen molar-refractivity contribution in [3.05, 3.63) is 112 Å². The lowest BCUT2D eigenvalue weighted by molar-refractivity contribution is 0.402. The van der Waals surface area contributed by atoms with Gasteiger partial charge in [-0.3, -0.25) is 0 Å². The predicted octanol–water partition coefficient (Wildman–Crippen LogP) is 6.34. The molecular weight excluding hydrogens is 544 g/mol. The van der Waals surface area contributed by atoms with Gasteiger partial charge in [-0.2, -0.15) is 5.10 Å². The van der Waals surface area contributed by atoms with Gasteiger partial charge in [-0.25, -0.2) is 19.2 Å². The van der Waals surface area contributed by atoms with Crippen LogP contribution in [0.2, 0.25) is 0 Å². The van der Waals surface area contributed by atoms with E-state index in [1.54, 1.807) is 18.0 Å². The van der Waals surface area contributed by atoms with E-state index in [1.807, 2.05) is 78.3 Å². The van der Waals surface area contributed by atoms with Gasteiger partial charge >= 0.3 is 0 Å². The van der Waals surface area contributed by atoms with Crippen molar-refractivity contribution >= 4 is 21.6 Å². The molecule has 186 valence electrons. The molecule has 8 nitrogen and oxygen atoms in total. The number of para-hydroxylation sites is 1. The molecule has 0 N–H and O–H groups in total. The second-order valence-electron chi connectivity index (χ2n) is 9.01. The first-order chi connectivity index (χ1) is 18.6. The third-order valence-electron chi connectivity index (χ3n) is 6.78. The zero-order valence-corrected chi connectivity index (χ0v) is 22.1. The zero-order chi connectivity index (χ0) is 25.8. The number of nitrogens with zero attached hydrogens (tertiary/aromatic N) is 6. The van der Waals surface area contributed by atoms with Crippen molar-refractivity contribution in [3.63, 3.8) is 0 Å². The van der Waals surface area contributed by atoms with E-state index in [0.717, 1.165) is 43.9 Å². The molecule has 0 bridgehead atoms. The number of rotatable bonds is 4. The molecule has 7 rings (SSSR count). The van der Waals surface area contributed by atoms with E-state index in [9.17, 15) is 0 Å². The highest BCUT2D eigenvalue weighted by Gasteiger charge is 2.38. The van der Waals surface area contributed by atoms with E-state index in [4.69, 9.17) is 24.7 Å². The van der Waals surface area contributed by atoms with Gasteiger partial charge in [0.2, 0.25) is 11.8 Å². The van der Waals surface area contributed by atoms with Crippen LogP contribution in [-0.4, -0.2) is 36.5 Å². The average Bonchev–Trinajstić information content (AvgIpc) is 3.54. The van der Waals surface area contributed by atoms with Gasteiger partial charge in [-0.15, -0.1) is 5.10 Å². The fraction of sp³-hybridized carbons (Fsp3) is 0.103. The lowest BCUT2D eigenvalue weighted by atomic mass is 9.84. The van der Waals surface area contributed by atoms with E-state index in [2.05, 4.69) is 33.0 Å². The molecule has 3 aromatic carbocycles. The summed E-state index contributed by atoms with van der Waals surface area (Å²) in [4.78, 5) is 9.67. The second kappa shape index (κ2) is 8.81. The Morgan fingerprint density at radius 1 is 0.895 bits per heavy atom. The molecule has 0 unspecified atom stereocenters. The van der Waals surface area contributed by atoms with Crippen LogP contribution in [-0.2, 0) is 0 Å². The first-order valence-corrected chi connectivity index (χ1v) is 12.9. The Hall–Kier alpha value is -4.50. The first-order valence-electron chi connectivity index (χ1n) is 12.1. The van der Waals surface area contributed by atoms with Gasteiger partial charge in [0.25, 0.3) is 0 Å². The van der Waals surface area contributed by atoms with E-state index in [-0.39, 0.29) is 5.92 Å². The van der Waals surface area contributed by atoms with E-state index >= 15 is 0 Å². The van der Waals surface area contributed by atoms with E-state index in [1.165, 1.54) is 0 Å². The minimum Gasteiger partial charge on any atom is -0.497 e. The van der Waals surface area contributed by atoms with Gasteiger partial charge in [-0.05, 0) is 48.9 Å². The largest absolute Gasteiger partial charge is 0.497 e. The summed E-state index contributed by atoms with van der Waals surface area (Å²) >= 11 is 3.63. The monoisotopic (exact) mass is 564 g/mol. The van der Waals surface area contributed by atoms with Crippen LogP contribution in [0.15, 0.2) is 89.7 Å². The van der Waals surface area contributed by atoms with Crippen LogP contribution < -0.4 is 9.47 Å². The highest BCUT2D eigenvalue weighted by Crippen LogP contribution is 2.50. The Morgan fingerprint density at radius 2 is 1.66 bits per heavy atom. The highest BCUT2D eigenvalue weighted by molar-refractivity contribution is 9.10. The summed E-state index contributed by atoms with van der Waals surface area (Å²) in [6.07, 6.45) is 1.65. The maximum Gasteiger partial charge on any atom is 0.230 e. The minimum atomic E-state index is -0.232. The number of hydrogen-bond donors (Lipinski definition) is 0. The van der Waals surface area contributed by atoms with Crippen LogP contribution in [0.4, 0.5) is 0 Å². The van der Waals surface area contributed by atoms with Crippen molar-refractivity contribution in [1.29, 1.82) is 0 Å². The third kappa shape index (κ3) is 3.50. The molecule has 1 aliphatic rings. The molecule has 38 heavy (non-hydrogen) atoms. The van der Waals surface area contributed by atoms with Crippen LogP contribution >= 0.6 is 15.9 Å². The molecule has 3 aromatic heterocycles. The molecule has 0 amide bonds. The topological polar surface area (TPSA) is 79.4 Å². The minimum absolute atomic E-state index is 0.232. The number of benzene rings is 3. The Labute approximate surface area is 226 Å². The molecule has 0 saturated carbocycles. The lowest BCUT2D eigenvalue weighted by Crippen LogP contribution is -2.16. The standard InChI is InChI=1S/C29H21BrN6O2/c1-17-23-24(18-12-14-20(37-2)15-13-18)25-27-32-26(21-10-6-7-11-22(21)30)34-35(27)16-31-28(25)38-29(23)36(33-17)19-8-4-3-5-9-19/h3-16,24H,1-2H3/t24-/m0/s1. The van der Waals surface area contributed by atoms with Crippen molar-refractivity contribution < 1.29 is 9.47 Å². The fourth-order valence-corrected chi connectivity index (χ4v) is 5.47. The SMILES string of the molecule is COc1ccc([C@H]2c3c(C)nn(-c4ccccc4)c3Oc3ncn4nc(-c5ccccc5Br)nc4c32)cc1. The maximum absolute atomic E-state index is 6.50. The number of aromatic nitrogens is 6.